The van der Waals surface area contributed by atoms with E-state index in [9.17, 15) is 0 Å². The van der Waals surface area contributed by atoms with E-state index < -0.39 is 0 Å². The van der Waals surface area contributed by atoms with Crippen molar-refractivity contribution in [2.75, 3.05) is 6.54 Å². The van der Waals surface area contributed by atoms with E-state index in [0.717, 1.165) is 12.0 Å². The Morgan fingerprint density at radius 1 is 1.12 bits per heavy atom. The molecule has 2 aliphatic rings. The summed E-state index contributed by atoms with van der Waals surface area (Å²) in [7, 11) is 0. The molecule has 0 spiro atoms. The Labute approximate surface area is 50.5 Å². The second-order valence-corrected chi connectivity index (χ2v) is 3.25. The third-order valence-corrected chi connectivity index (χ3v) is 2.12. The van der Waals surface area contributed by atoms with Gasteiger partial charge in [-0.2, -0.15) is 0 Å². The summed E-state index contributed by atoms with van der Waals surface area (Å²) in [5.74, 6) is 1.12. The molecule has 2 rings (SSSR count). The van der Waals surface area contributed by atoms with Gasteiger partial charge in [0.2, 0.25) is 0 Å². The molecule has 0 amide bonds. The fraction of sp³-hybridized carbons (Fsp3) is 1.00. The van der Waals surface area contributed by atoms with Crippen LogP contribution in [0.4, 0.5) is 0 Å². The highest BCUT2D eigenvalue weighted by molar-refractivity contribution is 4.74. The van der Waals surface area contributed by atoms with E-state index in [1.165, 1.54) is 32.2 Å². The Bertz CT molecular complexity index is 70.4. The van der Waals surface area contributed by atoms with Gasteiger partial charge in [-0.05, 0) is 12.8 Å². The third kappa shape index (κ3) is 1.22. The first kappa shape index (κ1) is 4.80. The van der Waals surface area contributed by atoms with E-state index in [1.54, 1.807) is 0 Å². The largest absolute Gasteiger partial charge is 0.344 e. The summed E-state index contributed by atoms with van der Waals surface area (Å²) in [6.45, 7) is 1.44. The maximum atomic E-state index is 2.54. The van der Waals surface area contributed by atoms with Crippen LogP contribution < -0.4 is 5.32 Å². The minimum Gasteiger partial charge on any atom is -0.344 e. The summed E-state index contributed by atoms with van der Waals surface area (Å²) in [5, 5.41) is 2.54. The van der Waals surface area contributed by atoms with Gasteiger partial charge in [0.15, 0.2) is 0 Å². The fourth-order valence-electron chi connectivity index (χ4n) is 1.07. The molecule has 8 heavy (non-hydrogen) atoms. The van der Waals surface area contributed by atoms with Crippen molar-refractivity contribution in [2.45, 2.75) is 31.7 Å². The first-order chi connectivity index (χ1) is 3.95. The van der Waals surface area contributed by atoms with Crippen LogP contribution in [0.25, 0.3) is 0 Å². The monoisotopic (exact) mass is 112 g/mol. The van der Waals surface area contributed by atoms with E-state index >= 15 is 0 Å². The molecule has 0 aromatic carbocycles. The van der Waals surface area contributed by atoms with Gasteiger partial charge in [0.1, 0.15) is 0 Å². The van der Waals surface area contributed by atoms with Gasteiger partial charge in [0.25, 0.3) is 0 Å². The number of nitrogens with two attached hydrogens (primary N) is 1. The molecular weight excluding hydrogens is 98.1 g/mol. The van der Waals surface area contributed by atoms with Crippen LogP contribution in [0.2, 0.25) is 0 Å². The van der Waals surface area contributed by atoms with Crippen LogP contribution in [0, 0.1) is 5.92 Å². The van der Waals surface area contributed by atoms with Crippen LogP contribution in [0.5, 0.6) is 0 Å². The molecule has 0 saturated heterocycles. The van der Waals surface area contributed by atoms with Crippen molar-refractivity contribution in [3.8, 4) is 0 Å². The van der Waals surface area contributed by atoms with Crippen molar-refractivity contribution in [3.63, 3.8) is 0 Å². The Hall–Kier alpha value is -0.0400. The summed E-state index contributed by atoms with van der Waals surface area (Å²) in [5.41, 5.74) is 0. The molecule has 2 N–H and O–H groups in total. The van der Waals surface area contributed by atoms with Crippen molar-refractivity contribution >= 4 is 0 Å². The van der Waals surface area contributed by atoms with Crippen molar-refractivity contribution in [1.29, 1.82) is 0 Å². The number of rotatable bonds is 3. The standard InChI is InChI=1S/C7H13N/c1-2-6(1)5-8-7-3-4-7/h6-8H,1-5H2/p+1. The third-order valence-electron chi connectivity index (χ3n) is 2.12. The fourth-order valence-corrected chi connectivity index (χ4v) is 1.07. The van der Waals surface area contributed by atoms with Crippen LogP contribution in [0.1, 0.15) is 25.7 Å². The molecule has 2 saturated carbocycles. The predicted octanol–water partition coefficient (Wildman–Crippen LogP) is 0.122. The summed E-state index contributed by atoms with van der Waals surface area (Å²) < 4.78 is 0. The smallest absolute Gasteiger partial charge is 0.0863 e. The van der Waals surface area contributed by atoms with E-state index in [-0.39, 0.29) is 0 Å². The molecule has 1 heteroatoms. The highest BCUT2D eigenvalue weighted by Gasteiger charge is 2.29. The molecule has 46 valence electrons. The molecule has 0 aliphatic heterocycles. The van der Waals surface area contributed by atoms with Gasteiger partial charge in [-0.1, -0.05) is 0 Å². The van der Waals surface area contributed by atoms with Crippen molar-refractivity contribution in [2.24, 2.45) is 5.92 Å². The lowest BCUT2D eigenvalue weighted by Gasteiger charge is -1.93. The quantitative estimate of drug-likeness (QED) is 0.534. The summed E-state index contributed by atoms with van der Waals surface area (Å²) in [4.78, 5) is 0. The minimum absolute atomic E-state index is 1.05. The lowest BCUT2D eigenvalue weighted by Crippen LogP contribution is -2.86. The van der Waals surface area contributed by atoms with Crippen molar-refractivity contribution < 1.29 is 5.32 Å². The van der Waals surface area contributed by atoms with Gasteiger partial charge in [0.05, 0.1) is 12.6 Å². The molecule has 0 atom stereocenters. The molecule has 0 bridgehead atoms. The first-order valence-electron chi connectivity index (χ1n) is 3.78. The second kappa shape index (κ2) is 1.73. The summed E-state index contributed by atoms with van der Waals surface area (Å²) in [6, 6.07) is 1.05. The van der Waals surface area contributed by atoms with E-state index in [1.807, 2.05) is 0 Å². The molecule has 0 unspecified atom stereocenters. The van der Waals surface area contributed by atoms with Gasteiger partial charge < -0.3 is 5.32 Å². The number of quaternary nitrogens is 1. The zero-order valence-corrected chi connectivity index (χ0v) is 5.27. The van der Waals surface area contributed by atoms with Gasteiger partial charge >= 0.3 is 0 Å². The normalized spacial score (nSPS) is 28.5. The second-order valence-electron chi connectivity index (χ2n) is 3.25. The molecule has 2 aliphatic carbocycles. The van der Waals surface area contributed by atoms with Crippen LogP contribution >= 0.6 is 0 Å². The zero-order chi connectivity index (χ0) is 5.40. The average molecular weight is 112 g/mol. The molecule has 0 heterocycles. The molecule has 1 nitrogen and oxygen atoms in total. The van der Waals surface area contributed by atoms with Gasteiger partial charge in [-0.25, -0.2) is 0 Å². The molecule has 2 fully saturated rings. The topological polar surface area (TPSA) is 16.6 Å². The maximum absolute atomic E-state index is 2.54. The molecule has 0 aromatic rings. The Morgan fingerprint density at radius 3 is 2.38 bits per heavy atom. The lowest BCUT2D eigenvalue weighted by molar-refractivity contribution is -0.670. The minimum atomic E-state index is 1.05. The maximum Gasteiger partial charge on any atom is 0.0863 e. The Balaban J connectivity index is 1.56. The molecule has 0 aromatic heterocycles. The lowest BCUT2D eigenvalue weighted by atomic mass is 10.4. The molecule has 0 radical (unpaired) electrons. The van der Waals surface area contributed by atoms with Crippen LogP contribution in [0.15, 0.2) is 0 Å². The zero-order valence-electron chi connectivity index (χ0n) is 5.27. The highest BCUT2D eigenvalue weighted by Crippen LogP contribution is 2.27. The van der Waals surface area contributed by atoms with Gasteiger partial charge in [-0.15, -0.1) is 0 Å². The number of hydrogen-bond acceptors (Lipinski definition) is 0. The summed E-state index contributed by atoms with van der Waals surface area (Å²) >= 11 is 0. The predicted molar refractivity (Wildman–Crippen MR) is 32.5 cm³/mol. The summed E-state index contributed by atoms with van der Waals surface area (Å²) in [6.07, 6.45) is 6.02. The van der Waals surface area contributed by atoms with Gasteiger partial charge in [0, 0.05) is 18.8 Å². The number of hydrogen-bond donors (Lipinski definition) is 1. The Morgan fingerprint density at radius 2 is 1.88 bits per heavy atom. The average Bonchev–Trinajstić information content (AvgIpc) is 2.60. The van der Waals surface area contributed by atoms with Crippen LogP contribution in [0.3, 0.4) is 0 Å². The van der Waals surface area contributed by atoms with E-state index in [2.05, 4.69) is 5.32 Å². The van der Waals surface area contributed by atoms with Crippen LogP contribution in [-0.2, 0) is 0 Å². The Kier molecular flexibility index (Phi) is 1.04. The van der Waals surface area contributed by atoms with E-state index in [4.69, 9.17) is 0 Å². The van der Waals surface area contributed by atoms with Crippen molar-refractivity contribution in [1.82, 2.24) is 0 Å². The first-order valence-corrected chi connectivity index (χ1v) is 3.78. The molecular formula is C7H14N+. The van der Waals surface area contributed by atoms with Crippen LogP contribution in [-0.4, -0.2) is 12.6 Å². The highest BCUT2D eigenvalue weighted by atomic mass is 14.9. The van der Waals surface area contributed by atoms with E-state index in [0.29, 0.717) is 0 Å². The van der Waals surface area contributed by atoms with Gasteiger partial charge in [-0.3, -0.25) is 0 Å². The van der Waals surface area contributed by atoms with Crippen molar-refractivity contribution in [3.05, 3.63) is 0 Å². The SMILES string of the molecule is C1CC1C[NH2+]C1CC1.